The van der Waals surface area contributed by atoms with E-state index in [9.17, 15) is 5.11 Å². The standard InChI is InChI=1S/C16H25NO2/c1-13(14-7-4-3-5-8-14)19-12-15(18)11-17-16(2)9-6-10-16/h3-5,7-8,13,15,17-18H,6,9-12H2,1-2H3. The Bertz CT molecular complexity index is 376. The molecule has 3 nitrogen and oxygen atoms in total. The Morgan fingerprint density at radius 1 is 1.32 bits per heavy atom. The molecule has 2 unspecified atom stereocenters. The van der Waals surface area contributed by atoms with E-state index < -0.39 is 6.10 Å². The summed E-state index contributed by atoms with van der Waals surface area (Å²) in [6.45, 7) is 5.22. The number of rotatable bonds is 7. The molecule has 1 aliphatic carbocycles. The number of ether oxygens (including phenoxy) is 1. The normalized spacial score (nSPS) is 20.6. The van der Waals surface area contributed by atoms with Crippen molar-refractivity contribution < 1.29 is 9.84 Å². The molecule has 3 heteroatoms. The molecule has 1 fully saturated rings. The highest BCUT2D eigenvalue weighted by molar-refractivity contribution is 5.16. The fraction of sp³-hybridized carbons (Fsp3) is 0.625. The van der Waals surface area contributed by atoms with Gasteiger partial charge in [0.2, 0.25) is 0 Å². The highest BCUT2D eigenvalue weighted by atomic mass is 16.5. The molecule has 2 atom stereocenters. The van der Waals surface area contributed by atoms with Gasteiger partial charge in [-0.05, 0) is 38.7 Å². The zero-order valence-corrected chi connectivity index (χ0v) is 11.9. The fourth-order valence-electron chi connectivity index (χ4n) is 2.38. The smallest absolute Gasteiger partial charge is 0.0898 e. The average molecular weight is 263 g/mol. The molecule has 0 amide bonds. The number of nitrogens with one attached hydrogen (secondary N) is 1. The van der Waals surface area contributed by atoms with Crippen LogP contribution in [-0.2, 0) is 4.74 Å². The molecule has 0 aromatic heterocycles. The van der Waals surface area contributed by atoms with Gasteiger partial charge in [0.25, 0.3) is 0 Å². The molecule has 1 aliphatic rings. The lowest BCUT2D eigenvalue weighted by Crippen LogP contribution is -2.51. The lowest BCUT2D eigenvalue weighted by Gasteiger charge is -2.40. The Balaban J connectivity index is 1.67. The summed E-state index contributed by atoms with van der Waals surface area (Å²) < 4.78 is 5.72. The SMILES string of the molecule is CC(OCC(O)CNC1(C)CCC1)c1ccccc1. The highest BCUT2D eigenvalue weighted by Crippen LogP contribution is 2.30. The average Bonchev–Trinajstić information content (AvgIpc) is 2.41. The second kappa shape index (κ2) is 6.51. The summed E-state index contributed by atoms with van der Waals surface area (Å²) in [6.07, 6.45) is 3.29. The zero-order valence-electron chi connectivity index (χ0n) is 11.9. The quantitative estimate of drug-likeness (QED) is 0.794. The molecule has 0 saturated heterocycles. The molecule has 2 rings (SSSR count). The Labute approximate surface area is 116 Å². The number of aliphatic hydroxyl groups excluding tert-OH is 1. The molecule has 19 heavy (non-hydrogen) atoms. The van der Waals surface area contributed by atoms with Gasteiger partial charge in [-0.2, -0.15) is 0 Å². The van der Waals surface area contributed by atoms with Crippen molar-refractivity contribution in [3.63, 3.8) is 0 Å². The number of hydrogen-bond donors (Lipinski definition) is 2. The maximum atomic E-state index is 9.94. The molecule has 0 radical (unpaired) electrons. The summed E-state index contributed by atoms with van der Waals surface area (Å²) in [5.41, 5.74) is 1.39. The van der Waals surface area contributed by atoms with Crippen molar-refractivity contribution in [3.05, 3.63) is 35.9 Å². The van der Waals surface area contributed by atoms with Gasteiger partial charge in [-0.1, -0.05) is 30.3 Å². The van der Waals surface area contributed by atoms with Crippen LogP contribution in [-0.4, -0.2) is 29.9 Å². The van der Waals surface area contributed by atoms with Gasteiger partial charge < -0.3 is 15.2 Å². The van der Waals surface area contributed by atoms with Crippen LogP contribution in [0.5, 0.6) is 0 Å². The van der Waals surface area contributed by atoms with Gasteiger partial charge in [0.15, 0.2) is 0 Å². The summed E-state index contributed by atoms with van der Waals surface area (Å²) >= 11 is 0. The summed E-state index contributed by atoms with van der Waals surface area (Å²) in [4.78, 5) is 0. The molecule has 0 aliphatic heterocycles. The summed E-state index contributed by atoms with van der Waals surface area (Å²) in [5, 5.41) is 13.4. The van der Waals surface area contributed by atoms with Gasteiger partial charge in [0.1, 0.15) is 0 Å². The van der Waals surface area contributed by atoms with E-state index in [0.29, 0.717) is 13.2 Å². The molecule has 1 aromatic carbocycles. The van der Waals surface area contributed by atoms with Crippen LogP contribution in [0.1, 0.15) is 44.8 Å². The largest absolute Gasteiger partial charge is 0.389 e. The van der Waals surface area contributed by atoms with Crippen LogP contribution in [0.15, 0.2) is 30.3 Å². The van der Waals surface area contributed by atoms with Crippen molar-refractivity contribution in [1.82, 2.24) is 5.32 Å². The molecule has 1 aromatic rings. The monoisotopic (exact) mass is 263 g/mol. The van der Waals surface area contributed by atoms with E-state index in [1.54, 1.807) is 0 Å². The summed E-state index contributed by atoms with van der Waals surface area (Å²) in [6, 6.07) is 10.1. The maximum absolute atomic E-state index is 9.94. The van der Waals surface area contributed by atoms with Crippen molar-refractivity contribution in [2.75, 3.05) is 13.2 Å². The fourth-order valence-corrected chi connectivity index (χ4v) is 2.38. The zero-order chi connectivity index (χ0) is 13.7. The third kappa shape index (κ3) is 4.30. The van der Waals surface area contributed by atoms with Gasteiger partial charge in [-0.25, -0.2) is 0 Å². The highest BCUT2D eigenvalue weighted by Gasteiger charge is 2.31. The van der Waals surface area contributed by atoms with Crippen molar-refractivity contribution >= 4 is 0 Å². The van der Waals surface area contributed by atoms with Crippen LogP contribution in [0.3, 0.4) is 0 Å². The minimum Gasteiger partial charge on any atom is -0.389 e. The van der Waals surface area contributed by atoms with E-state index in [1.807, 2.05) is 37.3 Å². The van der Waals surface area contributed by atoms with E-state index in [0.717, 1.165) is 5.56 Å². The van der Waals surface area contributed by atoms with Gasteiger partial charge >= 0.3 is 0 Å². The second-order valence-electron chi connectivity index (χ2n) is 5.84. The van der Waals surface area contributed by atoms with Crippen LogP contribution in [0, 0.1) is 0 Å². The van der Waals surface area contributed by atoms with E-state index in [2.05, 4.69) is 12.2 Å². The summed E-state index contributed by atoms with van der Waals surface area (Å²) in [7, 11) is 0. The molecule has 0 heterocycles. The van der Waals surface area contributed by atoms with Crippen molar-refractivity contribution in [3.8, 4) is 0 Å². The number of hydrogen-bond acceptors (Lipinski definition) is 3. The van der Waals surface area contributed by atoms with Crippen LogP contribution >= 0.6 is 0 Å². The minimum atomic E-state index is -0.441. The Morgan fingerprint density at radius 2 is 2.00 bits per heavy atom. The number of benzene rings is 1. The number of β-amino-alcohol motifs (C(OH)–C–C–N with tert-alkyl or cyclic N) is 1. The third-order valence-corrected chi connectivity index (χ3v) is 4.03. The van der Waals surface area contributed by atoms with Gasteiger partial charge in [-0.15, -0.1) is 0 Å². The van der Waals surface area contributed by atoms with E-state index in [4.69, 9.17) is 4.74 Å². The first kappa shape index (κ1) is 14.5. The first-order valence-electron chi connectivity index (χ1n) is 7.19. The van der Waals surface area contributed by atoms with Crippen molar-refractivity contribution in [1.29, 1.82) is 0 Å². The molecule has 0 spiro atoms. The maximum Gasteiger partial charge on any atom is 0.0898 e. The second-order valence-corrected chi connectivity index (χ2v) is 5.84. The Morgan fingerprint density at radius 3 is 2.58 bits per heavy atom. The third-order valence-electron chi connectivity index (χ3n) is 4.03. The van der Waals surface area contributed by atoms with Crippen LogP contribution in [0.25, 0.3) is 0 Å². The van der Waals surface area contributed by atoms with Crippen LogP contribution in [0.4, 0.5) is 0 Å². The number of aliphatic hydroxyl groups is 1. The Hall–Kier alpha value is -0.900. The summed E-state index contributed by atoms with van der Waals surface area (Å²) in [5.74, 6) is 0. The van der Waals surface area contributed by atoms with Gasteiger partial charge in [0.05, 0.1) is 18.8 Å². The predicted octanol–water partition coefficient (Wildman–Crippen LogP) is 2.66. The molecule has 106 valence electrons. The van der Waals surface area contributed by atoms with Gasteiger partial charge in [0, 0.05) is 12.1 Å². The van der Waals surface area contributed by atoms with Gasteiger partial charge in [-0.3, -0.25) is 0 Å². The molecule has 2 N–H and O–H groups in total. The minimum absolute atomic E-state index is 0.0233. The molecule has 0 bridgehead atoms. The van der Waals surface area contributed by atoms with Crippen molar-refractivity contribution in [2.45, 2.75) is 50.9 Å². The predicted molar refractivity (Wildman–Crippen MR) is 77.1 cm³/mol. The first-order chi connectivity index (χ1) is 9.09. The van der Waals surface area contributed by atoms with Crippen LogP contribution in [0.2, 0.25) is 0 Å². The van der Waals surface area contributed by atoms with E-state index >= 15 is 0 Å². The molecule has 1 saturated carbocycles. The topological polar surface area (TPSA) is 41.5 Å². The van der Waals surface area contributed by atoms with E-state index in [1.165, 1.54) is 19.3 Å². The first-order valence-corrected chi connectivity index (χ1v) is 7.19. The Kier molecular flexibility index (Phi) is 4.97. The molecular formula is C16H25NO2. The van der Waals surface area contributed by atoms with Crippen LogP contribution < -0.4 is 5.32 Å². The van der Waals surface area contributed by atoms with E-state index in [-0.39, 0.29) is 11.6 Å². The lowest BCUT2D eigenvalue weighted by atomic mass is 9.78. The lowest BCUT2D eigenvalue weighted by molar-refractivity contribution is -0.00655. The molecular weight excluding hydrogens is 238 g/mol. The van der Waals surface area contributed by atoms with Crippen molar-refractivity contribution in [2.24, 2.45) is 0 Å².